The summed E-state index contributed by atoms with van der Waals surface area (Å²) in [7, 11) is 0. The van der Waals surface area contributed by atoms with E-state index >= 15 is 0 Å². The van der Waals surface area contributed by atoms with Gasteiger partial charge in [0, 0.05) is 22.6 Å². The Bertz CT molecular complexity index is 573. The number of hydrogen-bond acceptors (Lipinski definition) is 1. The summed E-state index contributed by atoms with van der Waals surface area (Å²) in [6.45, 7) is 1.86. The van der Waals surface area contributed by atoms with E-state index in [-0.39, 0.29) is 5.82 Å². The minimum Gasteiger partial charge on any atom is -0.298 e. The average molecular weight is 263 g/mol. The summed E-state index contributed by atoms with van der Waals surface area (Å²) in [6, 6.07) is 10.1. The highest BCUT2D eigenvalue weighted by molar-refractivity contribution is 6.31. The van der Waals surface area contributed by atoms with Gasteiger partial charge in [-0.3, -0.25) is 4.79 Å². The van der Waals surface area contributed by atoms with Gasteiger partial charge in [-0.25, -0.2) is 4.39 Å². The third kappa shape index (κ3) is 2.59. The third-order valence-corrected chi connectivity index (χ3v) is 3.26. The summed E-state index contributed by atoms with van der Waals surface area (Å²) in [5.41, 5.74) is 2.95. The number of aldehydes is 1. The fourth-order valence-electron chi connectivity index (χ4n) is 1.89. The predicted molar refractivity (Wildman–Crippen MR) is 70.8 cm³/mol. The Labute approximate surface area is 110 Å². The second-order valence-electron chi connectivity index (χ2n) is 4.19. The molecule has 0 heterocycles. The molecule has 0 fully saturated rings. The average Bonchev–Trinajstić information content (AvgIpc) is 2.34. The molecular formula is C15H12ClFO. The predicted octanol–water partition coefficient (Wildman–Crippen LogP) is 4.19. The van der Waals surface area contributed by atoms with E-state index in [9.17, 15) is 9.18 Å². The van der Waals surface area contributed by atoms with Crippen molar-refractivity contribution in [2.75, 3.05) is 0 Å². The molecule has 2 aromatic rings. The third-order valence-electron chi connectivity index (χ3n) is 2.90. The van der Waals surface area contributed by atoms with Crippen molar-refractivity contribution >= 4 is 17.9 Å². The maximum Gasteiger partial charge on any atom is 0.150 e. The molecule has 18 heavy (non-hydrogen) atoms. The van der Waals surface area contributed by atoms with Crippen molar-refractivity contribution in [1.82, 2.24) is 0 Å². The van der Waals surface area contributed by atoms with Gasteiger partial charge in [-0.1, -0.05) is 35.9 Å². The fraction of sp³-hybridized carbons (Fsp3) is 0.133. The van der Waals surface area contributed by atoms with Gasteiger partial charge in [0.05, 0.1) is 0 Å². The fourth-order valence-corrected chi connectivity index (χ4v) is 2.12. The van der Waals surface area contributed by atoms with Gasteiger partial charge in [-0.15, -0.1) is 0 Å². The molecule has 0 aromatic heterocycles. The number of aryl methyl sites for hydroxylation is 1. The first-order chi connectivity index (χ1) is 8.61. The number of rotatable bonds is 3. The molecule has 0 spiro atoms. The summed E-state index contributed by atoms with van der Waals surface area (Å²) in [4.78, 5) is 10.7. The standard InChI is InChI=1S/C15H12ClFO/c1-10-7-11(5-6-12(10)9-18)8-13-14(16)3-2-4-15(13)17/h2-7,9H,8H2,1H3. The van der Waals surface area contributed by atoms with E-state index in [4.69, 9.17) is 11.6 Å². The normalized spacial score (nSPS) is 10.4. The molecule has 0 unspecified atom stereocenters. The zero-order valence-electron chi connectivity index (χ0n) is 9.91. The zero-order valence-corrected chi connectivity index (χ0v) is 10.7. The molecule has 0 aliphatic carbocycles. The van der Waals surface area contributed by atoms with Gasteiger partial charge in [0.1, 0.15) is 12.1 Å². The second kappa shape index (κ2) is 5.32. The zero-order chi connectivity index (χ0) is 13.1. The summed E-state index contributed by atoms with van der Waals surface area (Å²) in [5.74, 6) is -0.306. The van der Waals surface area contributed by atoms with Crippen LogP contribution in [0.2, 0.25) is 5.02 Å². The van der Waals surface area contributed by atoms with Gasteiger partial charge < -0.3 is 0 Å². The Morgan fingerprint density at radius 3 is 2.67 bits per heavy atom. The van der Waals surface area contributed by atoms with E-state index < -0.39 is 0 Å². The minimum atomic E-state index is -0.306. The highest BCUT2D eigenvalue weighted by Gasteiger charge is 2.08. The Morgan fingerprint density at radius 1 is 1.28 bits per heavy atom. The van der Waals surface area contributed by atoms with Crippen LogP contribution in [-0.2, 0) is 6.42 Å². The van der Waals surface area contributed by atoms with Crippen molar-refractivity contribution < 1.29 is 9.18 Å². The van der Waals surface area contributed by atoms with Crippen LogP contribution in [0.3, 0.4) is 0 Å². The molecule has 0 N–H and O–H groups in total. The van der Waals surface area contributed by atoms with Crippen molar-refractivity contribution in [3.63, 3.8) is 0 Å². The van der Waals surface area contributed by atoms with Gasteiger partial charge >= 0.3 is 0 Å². The Morgan fingerprint density at radius 2 is 2.06 bits per heavy atom. The largest absolute Gasteiger partial charge is 0.298 e. The minimum absolute atomic E-state index is 0.306. The lowest BCUT2D eigenvalue weighted by atomic mass is 10.00. The molecule has 1 nitrogen and oxygen atoms in total. The van der Waals surface area contributed by atoms with Gasteiger partial charge in [0.25, 0.3) is 0 Å². The van der Waals surface area contributed by atoms with E-state index in [1.165, 1.54) is 6.07 Å². The molecule has 2 aromatic carbocycles. The SMILES string of the molecule is Cc1cc(Cc2c(F)cccc2Cl)ccc1C=O. The summed E-state index contributed by atoms with van der Waals surface area (Å²) >= 11 is 5.98. The van der Waals surface area contributed by atoms with Crippen molar-refractivity contribution in [3.8, 4) is 0 Å². The maximum atomic E-state index is 13.6. The van der Waals surface area contributed by atoms with Crippen LogP contribution in [0.4, 0.5) is 4.39 Å². The molecule has 2 rings (SSSR count). The smallest absolute Gasteiger partial charge is 0.150 e. The molecule has 0 bridgehead atoms. The van der Waals surface area contributed by atoms with E-state index in [0.29, 0.717) is 22.6 Å². The van der Waals surface area contributed by atoms with Gasteiger partial charge in [-0.2, -0.15) is 0 Å². The first kappa shape index (κ1) is 12.8. The van der Waals surface area contributed by atoms with Crippen LogP contribution < -0.4 is 0 Å². The first-order valence-electron chi connectivity index (χ1n) is 5.59. The van der Waals surface area contributed by atoms with Crippen molar-refractivity contribution in [3.05, 3.63) is 69.5 Å². The number of carbonyl (C=O) groups excluding carboxylic acids is 1. The number of carbonyl (C=O) groups is 1. The summed E-state index contributed by atoms with van der Waals surface area (Å²) < 4.78 is 13.6. The molecule has 0 radical (unpaired) electrons. The Hall–Kier alpha value is -1.67. The number of hydrogen-bond donors (Lipinski definition) is 0. The monoisotopic (exact) mass is 262 g/mol. The van der Waals surface area contributed by atoms with Gasteiger partial charge in [-0.05, 0) is 30.2 Å². The molecule has 92 valence electrons. The molecule has 0 aliphatic rings. The highest BCUT2D eigenvalue weighted by atomic mass is 35.5. The lowest BCUT2D eigenvalue weighted by molar-refractivity contribution is 0.112. The van der Waals surface area contributed by atoms with Gasteiger partial charge in [0.2, 0.25) is 0 Å². The highest BCUT2D eigenvalue weighted by Crippen LogP contribution is 2.23. The second-order valence-corrected chi connectivity index (χ2v) is 4.59. The van der Waals surface area contributed by atoms with Crippen LogP contribution in [0, 0.1) is 12.7 Å². The summed E-state index contributed by atoms with van der Waals surface area (Å²) in [6.07, 6.45) is 1.24. The Balaban J connectivity index is 2.34. The van der Waals surface area contributed by atoms with Crippen LogP contribution in [0.15, 0.2) is 36.4 Å². The molecule has 0 atom stereocenters. The molecular weight excluding hydrogens is 251 g/mol. The van der Waals surface area contributed by atoms with E-state index in [1.807, 2.05) is 19.1 Å². The van der Waals surface area contributed by atoms with Crippen LogP contribution >= 0.6 is 11.6 Å². The van der Waals surface area contributed by atoms with E-state index in [1.54, 1.807) is 18.2 Å². The quantitative estimate of drug-likeness (QED) is 0.758. The molecule has 0 aliphatic heterocycles. The molecule has 3 heteroatoms. The number of halogens is 2. The molecule has 0 amide bonds. The Kier molecular flexibility index (Phi) is 3.78. The van der Waals surface area contributed by atoms with E-state index in [0.717, 1.165) is 17.4 Å². The van der Waals surface area contributed by atoms with Gasteiger partial charge in [0.15, 0.2) is 0 Å². The van der Waals surface area contributed by atoms with Crippen LogP contribution in [-0.4, -0.2) is 6.29 Å². The molecule has 0 saturated carbocycles. The number of benzene rings is 2. The van der Waals surface area contributed by atoms with Crippen LogP contribution in [0.1, 0.15) is 27.0 Å². The lowest BCUT2D eigenvalue weighted by Crippen LogP contribution is -1.96. The van der Waals surface area contributed by atoms with Crippen molar-refractivity contribution in [1.29, 1.82) is 0 Å². The van der Waals surface area contributed by atoms with Crippen LogP contribution in [0.25, 0.3) is 0 Å². The lowest BCUT2D eigenvalue weighted by Gasteiger charge is -2.07. The summed E-state index contributed by atoms with van der Waals surface area (Å²) in [5, 5.41) is 0.423. The maximum absolute atomic E-state index is 13.6. The van der Waals surface area contributed by atoms with E-state index in [2.05, 4.69) is 0 Å². The van der Waals surface area contributed by atoms with Crippen molar-refractivity contribution in [2.45, 2.75) is 13.3 Å². The van der Waals surface area contributed by atoms with Crippen LogP contribution in [0.5, 0.6) is 0 Å². The molecule has 0 saturated heterocycles. The van der Waals surface area contributed by atoms with Crippen molar-refractivity contribution in [2.24, 2.45) is 0 Å². The first-order valence-corrected chi connectivity index (χ1v) is 5.97. The topological polar surface area (TPSA) is 17.1 Å².